The molecule has 1 aromatic heterocycles. The Morgan fingerprint density at radius 3 is 2.83 bits per heavy atom. The number of aromatic nitrogens is 1. The number of nitrogens with one attached hydrogen (secondary N) is 1. The van der Waals surface area contributed by atoms with Crippen molar-refractivity contribution in [1.29, 1.82) is 0 Å². The SMILES string of the molecule is C/C=C1/CCN([C@@H](c2cnc(NC(=O)C3(c4ccc5c(c4)OCO5)CC3)s2)c2ccccc2Cl)C1. The van der Waals surface area contributed by atoms with Gasteiger partial charge in [-0.3, -0.25) is 9.69 Å². The minimum atomic E-state index is -0.537. The van der Waals surface area contributed by atoms with Crippen LogP contribution in [0.15, 0.2) is 60.3 Å². The third-order valence-electron chi connectivity index (χ3n) is 7.22. The molecule has 2 fully saturated rings. The highest BCUT2D eigenvalue weighted by Crippen LogP contribution is 2.51. The van der Waals surface area contributed by atoms with Crippen molar-refractivity contribution in [3.8, 4) is 11.5 Å². The smallest absolute Gasteiger partial charge is 0.236 e. The van der Waals surface area contributed by atoms with Crippen molar-refractivity contribution in [2.75, 3.05) is 25.2 Å². The van der Waals surface area contributed by atoms with Crippen molar-refractivity contribution in [1.82, 2.24) is 9.88 Å². The van der Waals surface area contributed by atoms with Gasteiger partial charge in [0.05, 0.1) is 11.5 Å². The zero-order valence-corrected chi connectivity index (χ0v) is 21.0. The molecule has 1 atom stereocenters. The largest absolute Gasteiger partial charge is 0.454 e. The van der Waals surface area contributed by atoms with E-state index < -0.39 is 5.41 Å². The Balaban J connectivity index is 1.25. The van der Waals surface area contributed by atoms with Crippen molar-refractivity contribution < 1.29 is 14.3 Å². The highest BCUT2D eigenvalue weighted by molar-refractivity contribution is 7.15. The van der Waals surface area contributed by atoms with E-state index in [1.165, 1.54) is 16.9 Å². The van der Waals surface area contributed by atoms with E-state index in [1.807, 2.05) is 42.6 Å². The van der Waals surface area contributed by atoms with E-state index in [4.69, 9.17) is 21.1 Å². The number of rotatable bonds is 6. The van der Waals surface area contributed by atoms with Gasteiger partial charge in [-0.1, -0.05) is 58.9 Å². The van der Waals surface area contributed by atoms with E-state index in [9.17, 15) is 4.79 Å². The number of hydrogen-bond acceptors (Lipinski definition) is 6. The number of nitrogens with zero attached hydrogens (tertiary/aromatic N) is 2. The minimum Gasteiger partial charge on any atom is -0.454 e. The summed E-state index contributed by atoms with van der Waals surface area (Å²) < 4.78 is 10.9. The number of amides is 1. The second kappa shape index (κ2) is 8.97. The molecule has 3 aromatic rings. The molecule has 1 amide bonds. The lowest BCUT2D eigenvalue weighted by Gasteiger charge is -2.27. The first kappa shape index (κ1) is 22.6. The molecule has 2 aromatic carbocycles. The van der Waals surface area contributed by atoms with Gasteiger partial charge in [0.2, 0.25) is 12.7 Å². The Bertz CT molecular complexity index is 1320. The molecule has 3 aliphatic rings. The highest BCUT2D eigenvalue weighted by Gasteiger charge is 2.52. The van der Waals surface area contributed by atoms with Gasteiger partial charge in [0.1, 0.15) is 0 Å². The van der Waals surface area contributed by atoms with Crippen molar-refractivity contribution in [3.05, 3.63) is 81.3 Å². The summed E-state index contributed by atoms with van der Waals surface area (Å²) in [6, 6.07) is 13.8. The lowest BCUT2D eigenvalue weighted by molar-refractivity contribution is -0.118. The molecule has 0 spiro atoms. The normalized spacial score (nSPS) is 20.2. The maximum atomic E-state index is 13.4. The summed E-state index contributed by atoms with van der Waals surface area (Å²) in [6.07, 6.45) is 6.74. The first-order chi connectivity index (χ1) is 17.1. The van der Waals surface area contributed by atoms with Gasteiger partial charge in [0.25, 0.3) is 0 Å². The molecule has 0 radical (unpaired) electrons. The van der Waals surface area contributed by atoms with Crippen LogP contribution < -0.4 is 14.8 Å². The number of thiazole rings is 1. The fourth-order valence-corrected chi connectivity index (χ4v) is 6.25. The topological polar surface area (TPSA) is 63.7 Å². The molecule has 6 nitrogen and oxygen atoms in total. The summed E-state index contributed by atoms with van der Waals surface area (Å²) in [6.45, 7) is 4.18. The minimum absolute atomic E-state index is 0.00644. The predicted octanol–water partition coefficient (Wildman–Crippen LogP) is 5.94. The lowest BCUT2D eigenvalue weighted by Crippen LogP contribution is -2.27. The van der Waals surface area contributed by atoms with Gasteiger partial charge in [-0.15, -0.1) is 0 Å². The summed E-state index contributed by atoms with van der Waals surface area (Å²) >= 11 is 8.16. The molecule has 8 heteroatoms. The summed E-state index contributed by atoms with van der Waals surface area (Å²) in [5, 5.41) is 4.45. The number of carbonyl (C=O) groups is 1. The van der Waals surface area contributed by atoms with Crippen LogP contribution in [0, 0.1) is 0 Å². The van der Waals surface area contributed by atoms with Crippen LogP contribution in [0.2, 0.25) is 5.02 Å². The van der Waals surface area contributed by atoms with E-state index in [-0.39, 0.29) is 18.7 Å². The summed E-state index contributed by atoms with van der Waals surface area (Å²) in [7, 11) is 0. The van der Waals surface area contributed by atoms with Gasteiger partial charge in [-0.2, -0.15) is 0 Å². The molecular weight excluding hydrogens is 482 g/mol. The van der Waals surface area contributed by atoms with E-state index in [1.54, 1.807) is 0 Å². The van der Waals surface area contributed by atoms with Gasteiger partial charge in [-0.25, -0.2) is 4.98 Å². The first-order valence-corrected chi connectivity index (χ1v) is 13.1. The van der Waals surface area contributed by atoms with E-state index in [0.29, 0.717) is 10.9 Å². The van der Waals surface area contributed by atoms with Gasteiger partial charge in [0.15, 0.2) is 16.6 Å². The summed E-state index contributed by atoms with van der Waals surface area (Å²) in [5.41, 5.74) is 2.91. The van der Waals surface area contributed by atoms with E-state index >= 15 is 0 Å². The Hall–Kier alpha value is -2.87. The van der Waals surface area contributed by atoms with E-state index in [2.05, 4.69) is 34.3 Å². The zero-order chi connectivity index (χ0) is 24.0. The van der Waals surface area contributed by atoms with Gasteiger partial charge in [0, 0.05) is 29.2 Å². The third kappa shape index (κ3) is 4.11. The first-order valence-electron chi connectivity index (χ1n) is 11.9. The molecule has 1 saturated carbocycles. The Morgan fingerprint density at radius 1 is 1.23 bits per heavy atom. The number of anilines is 1. The molecule has 35 heavy (non-hydrogen) atoms. The number of carbonyl (C=O) groups excluding carboxylic acids is 1. The molecule has 1 N–H and O–H groups in total. The number of hydrogen-bond donors (Lipinski definition) is 1. The van der Waals surface area contributed by atoms with Crippen LogP contribution in [0.3, 0.4) is 0 Å². The Kier molecular flexibility index (Phi) is 5.79. The number of fused-ring (bicyclic) bond motifs is 1. The van der Waals surface area contributed by atoms with Crippen molar-refractivity contribution >= 4 is 34.0 Å². The van der Waals surface area contributed by atoms with Crippen LogP contribution in [0.5, 0.6) is 11.5 Å². The molecule has 2 aliphatic heterocycles. The quantitative estimate of drug-likeness (QED) is 0.418. The van der Waals surface area contributed by atoms with Crippen molar-refractivity contribution in [2.24, 2.45) is 0 Å². The molecule has 1 aliphatic carbocycles. The number of benzene rings is 2. The number of halogens is 1. The number of likely N-dealkylation sites (tertiary alicyclic amines) is 1. The molecule has 1 saturated heterocycles. The lowest BCUT2D eigenvalue weighted by atomic mass is 9.94. The van der Waals surface area contributed by atoms with Gasteiger partial charge in [-0.05, 0) is 55.5 Å². The maximum Gasteiger partial charge on any atom is 0.236 e. The standard InChI is InChI=1S/C27H26ClN3O3S/c1-2-17-9-12-31(15-17)24(19-5-3-4-6-20(19)28)23-14-29-26(35-23)30-25(32)27(10-11-27)18-7-8-21-22(13-18)34-16-33-21/h2-8,13-14,24H,9-12,15-16H2,1H3,(H,29,30,32)/b17-2-/t24-/m1/s1. The molecule has 0 bridgehead atoms. The highest BCUT2D eigenvalue weighted by atomic mass is 35.5. The molecule has 180 valence electrons. The van der Waals surface area contributed by atoms with Crippen LogP contribution in [-0.4, -0.2) is 35.7 Å². The fourth-order valence-electron chi connectivity index (χ4n) is 5.04. The van der Waals surface area contributed by atoms with Gasteiger partial charge < -0.3 is 14.8 Å². The van der Waals surface area contributed by atoms with Crippen molar-refractivity contribution in [2.45, 2.75) is 37.6 Å². The Labute approximate surface area is 213 Å². The van der Waals surface area contributed by atoms with E-state index in [0.717, 1.165) is 59.1 Å². The van der Waals surface area contributed by atoms with Crippen LogP contribution in [0.4, 0.5) is 5.13 Å². The fraction of sp³-hybridized carbons (Fsp3) is 0.333. The molecule has 3 heterocycles. The molecule has 6 rings (SSSR count). The van der Waals surface area contributed by atoms with Crippen molar-refractivity contribution in [3.63, 3.8) is 0 Å². The maximum absolute atomic E-state index is 13.4. The monoisotopic (exact) mass is 507 g/mol. The average Bonchev–Trinajstić information content (AvgIpc) is 3.20. The number of ether oxygens (including phenoxy) is 2. The van der Waals surface area contributed by atoms with Crippen LogP contribution in [0.25, 0.3) is 0 Å². The van der Waals surface area contributed by atoms with Crippen LogP contribution in [0.1, 0.15) is 48.2 Å². The Morgan fingerprint density at radius 2 is 2.06 bits per heavy atom. The summed E-state index contributed by atoms with van der Waals surface area (Å²) in [5.74, 6) is 1.40. The zero-order valence-electron chi connectivity index (χ0n) is 19.4. The van der Waals surface area contributed by atoms with Gasteiger partial charge >= 0.3 is 0 Å². The third-order valence-corrected chi connectivity index (χ3v) is 8.53. The molecule has 0 unspecified atom stereocenters. The van der Waals surface area contributed by atoms with Crippen LogP contribution in [-0.2, 0) is 10.2 Å². The average molecular weight is 508 g/mol. The number of allylic oxidation sites excluding steroid dienone is 1. The second-order valence-corrected chi connectivity index (χ2v) is 10.7. The van der Waals surface area contributed by atoms with Crippen LogP contribution >= 0.6 is 22.9 Å². The predicted molar refractivity (Wildman–Crippen MR) is 137 cm³/mol. The molecular formula is C27H26ClN3O3S. The second-order valence-electron chi connectivity index (χ2n) is 9.26. The summed E-state index contributed by atoms with van der Waals surface area (Å²) in [4.78, 5) is 21.5.